The number of para-hydroxylation sites is 2. The quantitative estimate of drug-likeness (QED) is 0.0278. The third-order valence-corrected chi connectivity index (χ3v) is 13.8. The number of rotatable bonds is 26. The summed E-state index contributed by atoms with van der Waals surface area (Å²) in [5.74, 6) is -1.97. The van der Waals surface area contributed by atoms with Gasteiger partial charge >= 0.3 is 37.7 Å². The second-order valence-corrected chi connectivity index (χ2v) is 20.0. The molecule has 16 nitrogen and oxygen atoms in total. The monoisotopic (exact) mass is 1130 g/mol. The average Bonchev–Trinajstić information content (AvgIpc) is 4.02. The Bertz CT molecular complexity index is 3040. The van der Waals surface area contributed by atoms with Crippen molar-refractivity contribution in [2.24, 2.45) is 0 Å². The van der Waals surface area contributed by atoms with E-state index in [0.29, 0.717) is 24.5 Å². The Hall–Kier alpha value is -6.90. The molecule has 0 fully saturated rings. The number of carboxylic acids is 2. The van der Waals surface area contributed by atoms with Crippen LogP contribution in [0.1, 0.15) is 113 Å². The zero-order valence-electron chi connectivity index (χ0n) is 46.0. The van der Waals surface area contributed by atoms with Crippen LogP contribution in [0.2, 0.25) is 0 Å². The maximum Gasteiger partial charge on any atom is 2.00 e. The second-order valence-electron chi connectivity index (χ2n) is 20.0. The predicted molar refractivity (Wildman–Crippen MR) is 305 cm³/mol. The van der Waals surface area contributed by atoms with Gasteiger partial charge in [-0.3, -0.25) is 0 Å². The van der Waals surface area contributed by atoms with Gasteiger partial charge in [0.1, 0.15) is 23.3 Å². The number of hydrogen-bond donors (Lipinski definition) is 6. The summed E-state index contributed by atoms with van der Waals surface area (Å²) in [6.45, 7) is 8.31. The second kappa shape index (κ2) is 30.8. The summed E-state index contributed by atoms with van der Waals surface area (Å²) in [4.78, 5) is 30.5. The van der Waals surface area contributed by atoms with Gasteiger partial charge in [-0.15, -0.1) is 0 Å². The zero-order valence-corrected chi connectivity index (χ0v) is 48.2. The number of aliphatic carboxylic acids is 2. The Morgan fingerprint density at radius 2 is 0.901 bits per heavy atom. The fourth-order valence-corrected chi connectivity index (χ4v) is 9.40. The van der Waals surface area contributed by atoms with Gasteiger partial charge in [-0.2, -0.15) is 10.2 Å². The molecular weight excluding hydrogens is 1060 g/mol. The molecule has 8 aromatic rings. The fourth-order valence-electron chi connectivity index (χ4n) is 9.40. The number of hydrogen-bond acceptors (Lipinski definition) is 14. The largest absolute Gasteiger partial charge is 2.00 e. The first kappa shape index (κ1) is 63.3. The normalized spacial score (nSPS) is 13.4. The molecule has 0 aliphatic rings. The van der Waals surface area contributed by atoms with Crippen molar-refractivity contribution in [3.63, 3.8) is 0 Å². The fraction of sp³-hybridized carbons (Fsp3) is 0.323. The molecule has 81 heavy (non-hydrogen) atoms. The number of aromatic nitrogens is 6. The van der Waals surface area contributed by atoms with Gasteiger partial charge in [0.15, 0.2) is 0 Å². The van der Waals surface area contributed by atoms with Crippen LogP contribution in [0.4, 0.5) is 31.8 Å². The molecule has 0 aliphatic heterocycles. The van der Waals surface area contributed by atoms with Crippen molar-refractivity contribution in [1.29, 1.82) is 0 Å². The van der Waals surface area contributed by atoms with E-state index in [2.05, 4.69) is 48.3 Å². The summed E-state index contributed by atoms with van der Waals surface area (Å²) in [6, 6.07) is 39.3. The smallest absolute Gasteiger partial charge is 0.550 e. The van der Waals surface area contributed by atoms with E-state index in [4.69, 9.17) is 10.2 Å². The van der Waals surface area contributed by atoms with Crippen molar-refractivity contribution in [3.05, 3.63) is 180 Å². The first-order valence-electron chi connectivity index (χ1n) is 26.9. The van der Waals surface area contributed by atoms with Gasteiger partial charge < -0.3 is 50.9 Å². The van der Waals surface area contributed by atoms with Crippen molar-refractivity contribution in [1.82, 2.24) is 29.5 Å². The molecule has 8 rings (SSSR count). The number of carbonyl (C=O) groups excluding carboxylic acids is 2. The minimum Gasteiger partial charge on any atom is -0.550 e. The standard InChI is InChI=1S/2C31H35FN4O4.Ca/c2*1-3-20(2)30-27(14-13-25(37)18-26(38)19-29(39)40)31(21-9-11-22(32)12-10-21)36(35-30)24-15-16-33-28(17-24)34-23-7-5-4-6-8-23;/h2*4-12,15-17,20,25-26,37-38H,3,13-14,18-19H2,1-2H3,(H,33,34)(H,39,40);/q;;+2/p-2/t2*20?,25-,26-;/m11./s1. The van der Waals surface area contributed by atoms with Gasteiger partial charge in [0.2, 0.25) is 0 Å². The maximum atomic E-state index is 13.9. The summed E-state index contributed by atoms with van der Waals surface area (Å²) in [7, 11) is 0. The average molecular weight is 1130 g/mol. The van der Waals surface area contributed by atoms with E-state index in [1.165, 1.54) is 24.3 Å². The predicted octanol–water partition coefficient (Wildman–Crippen LogP) is 8.65. The molecule has 6 atom stereocenters. The summed E-state index contributed by atoms with van der Waals surface area (Å²) < 4.78 is 31.5. The van der Waals surface area contributed by atoms with Crippen molar-refractivity contribution in [2.45, 2.75) is 128 Å². The van der Waals surface area contributed by atoms with Gasteiger partial charge in [0.05, 0.1) is 58.6 Å². The molecule has 6 N–H and O–H groups in total. The summed E-state index contributed by atoms with van der Waals surface area (Å²) in [6.07, 6.45) is 1.00. The minimum atomic E-state index is -1.36. The molecule has 0 radical (unpaired) electrons. The van der Waals surface area contributed by atoms with Crippen LogP contribution in [0.15, 0.2) is 146 Å². The Morgan fingerprint density at radius 1 is 0.543 bits per heavy atom. The number of aliphatic hydroxyl groups is 4. The first-order chi connectivity index (χ1) is 38.5. The molecule has 0 saturated heterocycles. The van der Waals surface area contributed by atoms with Crippen LogP contribution in [-0.4, -0.2) is 124 Å². The topological polar surface area (TPSA) is 247 Å². The molecule has 19 heteroatoms. The third kappa shape index (κ3) is 18.0. The number of benzene rings is 4. The Morgan fingerprint density at radius 3 is 1.23 bits per heavy atom. The van der Waals surface area contributed by atoms with Crippen LogP contribution in [0.25, 0.3) is 33.9 Å². The van der Waals surface area contributed by atoms with Crippen LogP contribution in [0.5, 0.6) is 0 Å². The van der Waals surface area contributed by atoms with Crippen LogP contribution < -0.4 is 20.8 Å². The number of nitrogens with zero attached hydrogens (tertiary/aromatic N) is 6. The molecule has 0 aliphatic carbocycles. The molecular formula is C62H68CaF2N8O8. The van der Waals surface area contributed by atoms with Crippen LogP contribution in [-0.2, 0) is 22.4 Å². The molecule has 4 heterocycles. The molecule has 2 unspecified atom stereocenters. The number of pyridine rings is 2. The molecule has 4 aromatic heterocycles. The number of carboxylic acid groups (broad SMARTS) is 2. The summed E-state index contributed by atoms with van der Waals surface area (Å²) in [5.41, 5.74) is 9.90. The van der Waals surface area contributed by atoms with E-state index in [0.717, 1.165) is 80.6 Å². The Kier molecular flexibility index (Phi) is 24.1. The van der Waals surface area contributed by atoms with Crippen molar-refractivity contribution in [2.75, 3.05) is 10.6 Å². The minimum absolute atomic E-state index is 0. The van der Waals surface area contributed by atoms with Gasteiger partial charge in [-0.25, -0.2) is 28.1 Å². The molecule has 420 valence electrons. The maximum absolute atomic E-state index is 13.9. The van der Waals surface area contributed by atoms with Gasteiger partial charge in [0, 0.05) is 94.8 Å². The Labute approximate surface area is 500 Å². The van der Waals surface area contributed by atoms with Gasteiger partial charge in [-0.05, 0) is 136 Å². The summed E-state index contributed by atoms with van der Waals surface area (Å²) in [5, 5.41) is 79.4. The van der Waals surface area contributed by atoms with E-state index in [-0.39, 0.29) is 86.9 Å². The number of carbonyl (C=O) groups is 2. The van der Waals surface area contributed by atoms with E-state index in [1.807, 2.05) is 94.3 Å². The van der Waals surface area contributed by atoms with Gasteiger partial charge in [0.25, 0.3) is 0 Å². The third-order valence-electron chi connectivity index (χ3n) is 13.8. The molecule has 0 saturated carbocycles. The number of nitrogens with one attached hydrogen (secondary N) is 2. The van der Waals surface area contributed by atoms with E-state index in [1.54, 1.807) is 36.7 Å². The van der Waals surface area contributed by atoms with Crippen molar-refractivity contribution < 1.29 is 49.0 Å². The van der Waals surface area contributed by atoms with Gasteiger partial charge in [-0.1, -0.05) is 64.1 Å². The van der Waals surface area contributed by atoms with E-state index in [9.17, 15) is 49.0 Å². The van der Waals surface area contributed by atoms with Crippen LogP contribution >= 0.6 is 0 Å². The molecule has 0 amide bonds. The van der Waals surface area contributed by atoms with Crippen LogP contribution in [0, 0.1) is 11.6 Å². The van der Waals surface area contributed by atoms with Crippen LogP contribution in [0.3, 0.4) is 0 Å². The van der Waals surface area contributed by atoms with Crippen molar-refractivity contribution in [3.8, 4) is 33.9 Å². The first-order valence-corrected chi connectivity index (χ1v) is 26.9. The van der Waals surface area contributed by atoms with Crippen molar-refractivity contribution >= 4 is 72.7 Å². The molecule has 0 spiro atoms. The number of anilines is 4. The zero-order chi connectivity index (χ0) is 57.3. The van der Waals surface area contributed by atoms with E-state index < -0.39 is 49.2 Å². The number of aliphatic hydroxyl groups excluding tert-OH is 4. The molecule has 4 aromatic carbocycles. The van der Waals surface area contributed by atoms with E-state index >= 15 is 0 Å². The number of halogens is 2. The Balaban J connectivity index is 0.000000258. The molecule has 0 bridgehead atoms. The summed E-state index contributed by atoms with van der Waals surface area (Å²) >= 11 is 0. The SMILES string of the molecule is CCC(C)c1nn(-c2ccnc(Nc3ccccc3)c2)c(-c2ccc(F)cc2)c1CC[C@@H](O)C[C@@H](O)CC(=O)[O-].CCC(C)c1nn(-c2ccnc(Nc3ccccc3)c2)c(-c2ccc(F)cc2)c1CC[C@@H](O)C[C@@H](O)CC(=O)[O-].[Ca+2].